The van der Waals surface area contributed by atoms with Crippen molar-refractivity contribution in [1.29, 1.82) is 0 Å². The van der Waals surface area contributed by atoms with Gasteiger partial charge in [0.25, 0.3) is 0 Å². The van der Waals surface area contributed by atoms with Crippen LogP contribution >= 0.6 is 8.03 Å². The fraction of sp³-hybridized carbons (Fsp3) is 0.667. The SMILES string of the molecule is CC(C)=CC(=O)CC(C)(C)[P+](=O)O. The number of hydrogen-bond acceptors (Lipinski definition) is 2. The lowest BCUT2D eigenvalue weighted by molar-refractivity contribution is -0.115. The number of carbonyl (C=O) groups excluding carboxylic acids is 1. The first-order chi connectivity index (χ1) is 5.75. The summed E-state index contributed by atoms with van der Waals surface area (Å²) < 4.78 is 10.8. The summed E-state index contributed by atoms with van der Waals surface area (Å²) in [6, 6.07) is 0. The van der Waals surface area contributed by atoms with Crippen LogP contribution in [0.1, 0.15) is 34.1 Å². The third-order valence-corrected chi connectivity index (χ3v) is 2.77. The maximum Gasteiger partial charge on any atom is 0.511 e. The number of allylic oxidation sites excluding steroid dienone is 2. The summed E-state index contributed by atoms with van der Waals surface area (Å²) in [5.41, 5.74) is 0.911. The van der Waals surface area contributed by atoms with Crippen molar-refractivity contribution < 1.29 is 14.3 Å². The number of ketones is 1. The zero-order valence-corrected chi connectivity index (χ0v) is 9.39. The molecule has 3 nitrogen and oxygen atoms in total. The van der Waals surface area contributed by atoms with E-state index in [1.807, 2.05) is 13.8 Å². The van der Waals surface area contributed by atoms with Crippen molar-refractivity contribution >= 4 is 13.8 Å². The summed E-state index contributed by atoms with van der Waals surface area (Å²) >= 11 is 0. The van der Waals surface area contributed by atoms with E-state index in [1.54, 1.807) is 13.8 Å². The Labute approximate surface area is 79.7 Å². The lowest BCUT2D eigenvalue weighted by Crippen LogP contribution is -2.18. The van der Waals surface area contributed by atoms with Gasteiger partial charge in [0.1, 0.15) is 0 Å². The van der Waals surface area contributed by atoms with Crippen LogP contribution in [0.4, 0.5) is 0 Å². The summed E-state index contributed by atoms with van der Waals surface area (Å²) in [6.45, 7) is 6.87. The summed E-state index contributed by atoms with van der Waals surface area (Å²) in [5.74, 6) is -0.0950. The molecule has 0 bridgehead atoms. The maximum atomic E-state index is 11.3. The Bertz CT molecular complexity index is 250. The third kappa shape index (κ3) is 4.91. The fourth-order valence-electron chi connectivity index (χ4n) is 0.867. The minimum Gasteiger partial charge on any atom is -0.295 e. The number of carbonyl (C=O) groups is 1. The predicted molar refractivity (Wildman–Crippen MR) is 53.0 cm³/mol. The molecule has 0 aliphatic rings. The standard InChI is InChI=1S/C9H15O3P/c1-7(2)5-8(10)6-9(3,4)13(11)12/h5H,6H2,1-4H3/p+1. The van der Waals surface area contributed by atoms with E-state index < -0.39 is 13.2 Å². The molecule has 0 aliphatic heterocycles. The Kier molecular flexibility index (Phi) is 4.45. The molecule has 4 heteroatoms. The molecule has 0 aromatic carbocycles. The molecule has 0 radical (unpaired) electrons. The van der Waals surface area contributed by atoms with Crippen molar-refractivity contribution in [2.45, 2.75) is 39.3 Å². The van der Waals surface area contributed by atoms with Gasteiger partial charge in [-0.3, -0.25) is 4.79 Å². The first kappa shape index (κ1) is 12.5. The van der Waals surface area contributed by atoms with Gasteiger partial charge in [-0.1, -0.05) is 5.57 Å². The van der Waals surface area contributed by atoms with Gasteiger partial charge in [0.15, 0.2) is 10.9 Å². The van der Waals surface area contributed by atoms with Crippen molar-refractivity contribution in [3.63, 3.8) is 0 Å². The zero-order valence-electron chi connectivity index (χ0n) is 8.50. The monoisotopic (exact) mass is 203 g/mol. The van der Waals surface area contributed by atoms with Gasteiger partial charge in [-0.05, 0) is 38.3 Å². The maximum absolute atomic E-state index is 11.3. The highest BCUT2D eigenvalue weighted by molar-refractivity contribution is 7.40. The van der Waals surface area contributed by atoms with Crippen LogP contribution in [0.15, 0.2) is 11.6 Å². The molecule has 0 heterocycles. The van der Waals surface area contributed by atoms with Crippen molar-refractivity contribution in [3.8, 4) is 0 Å². The number of rotatable bonds is 4. The van der Waals surface area contributed by atoms with Crippen LogP contribution in [-0.2, 0) is 9.36 Å². The van der Waals surface area contributed by atoms with E-state index in [0.717, 1.165) is 5.57 Å². The molecule has 0 saturated carbocycles. The first-order valence-electron chi connectivity index (χ1n) is 4.09. The van der Waals surface area contributed by atoms with Crippen LogP contribution in [-0.4, -0.2) is 15.8 Å². The van der Waals surface area contributed by atoms with E-state index in [0.29, 0.717) is 0 Å². The van der Waals surface area contributed by atoms with Crippen molar-refractivity contribution in [3.05, 3.63) is 11.6 Å². The van der Waals surface area contributed by atoms with E-state index >= 15 is 0 Å². The molecule has 0 aliphatic carbocycles. The second-order valence-corrected chi connectivity index (χ2v) is 5.71. The minimum absolute atomic E-state index is 0.0950. The molecular weight excluding hydrogens is 187 g/mol. The quantitative estimate of drug-likeness (QED) is 0.564. The van der Waals surface area contributed by atoms with E-state index in [9.17, 15) is 9.36 Å². The Morgan fingerprint density at radius 3 is 2.23 bits per heavy atom. The third-order valence-electron chi connectivity index (χ3n) is 1.57. The van der Waals surface area contributed by atoms with Crippen molar-refractivity contribution in [1.82, 2.24) is 0 Å². The van der Waals surface area contributed by atoms with E-state index in [4.69, 9.17) is 4.89 Å². The van der Waals surface area contributed by atoms with Crippen LogP contribution in [0.5, 0.6) is 0 Å². The Morgan fingerprint density at radius 1 is 1.46 bits per heavy atom. The Balaban J connectivity index is 4.38. The number of hydrogen-bond donors (Lipinski definition) is 1. The Morgan fingerprint density at radius 2 is 1.92 bits per heavy atom. The molecule has 0 amide bonds. The highest BCUT2D eigenvalue weighted by Crippen LogP contribution is 2.37. The minimum atomic E-state index is -2.30. The normalized spacial score (nSPS) is 12.2. The van der Waals surface area contributed by atoms with E-state index in [2.05, 4.69) is 0 Å². The molecule has 74 valence electrons. The van der Waals surface area contributed by atoms with Gasteiger partial charge in [0.05, 0.1) is 6.42 Å². The van der Waals surface area contributed by atoms with Crippen molar-refractivity contribution in [2.75, 3.05) is 0 Å². The van der Waals surface area contributed by atoms with Gasteiger partial charge in [-0.2, -0.15) is 4.89 Å². The van der Waals surface area contributed by atoms with Gasteiger partial charge < -0.3 is 0 Å². The van der Waals surface area contributed by atoms with Crippen LogP contribution in [0.3, 0.4) is 0 Å². The molecule has 13 heavy (non-hydrogen) atoms. The van der Waals surface area contributed by atoms with Gasteiger partial charge in [-0.25, -0.2) is 0 Å². The lowest BCUT2D eigenvalue weighted by atomic mass is 10.0. The first-order valence-corrected chi connectivity index (χ1v) is 5.31. The van der Waals surface area contributed by atoms with Crippen LogP contribution in [0.2, 0.25) is 0 Å². The molecule has 1 atom stereocenters. The van der Waals surface area contributed by atoms with Gasteiger partial charge in [0.2, 0.25) is 0 Å². The molecule has 0 aromatic heterocycles. The van der Waals surface area contributed by atoms with E-state index in [-0.39, 0.29) is 12.2 Å². The van der Waals surface area contributed by atoms with Crippen molar-refractivity contribution in [2.24, 2.45) is 0 Å². The van der Waals surface area contributed by atoms with Gasteiger partial charge in [-0.15, -0.1) is 0 Å². The molecule has 0 rings (SSSR count). The summed E-state index contributed by atoms with van der Waals surface area (Å²) in [4.78, 5) is 20.2. The average molecular weight is 203 g/mol. The average Bonchev–Trinajstić information content (AvgIpc) is 1.82. The Hall–Kier alpha value is -0.530. The molecular formula is C9H16O3P+. The highest BCUT2D eigenvalue weighted by atomic mass is 31.1. The van der Waals surface area contributed by atoms with E-state index in [1.165, 1.54) is 6.08 Å². The van der Waals surface area contributed by atoms with Gasteiger partial charge in [0, 0.05) is 0 Å². The highest BCUT2D eigenvalue weighted by Gasteiger charge is 2.40. The lowest BCUT2D eigenvalue weighted by Gasteiger charge is -2.06. The van der Waals surface area contributed by atoms with Gasteiger partial charge >= 0.3 is 8.03 Å². The topological polar surface area (TPSA) is 54.4 Å². The summed E-state index contributed by atoms with van der Waals surface area (Å²) in [6.07, 6.45) is 1.62. The zero-order chi connectivity index (χ0) is 10.6. The second kappa shape index (κ2) is 4.64. The van der Waals surface area contributed by atoms with Crippen LogP contribution < -0.4 is 0 Å². The van der Waals surface area contributed by atoms with Crippen LogP contribution in [0, 0.1) is 0 Å². The molecule has 0 spiro atoms. The molecule has 0 saturated heterocycles. The second-order valence-electron chi connectivity index (χ2n) is 3.95. The molecule has 1 unspecified atom stereocenters. The summed E-state index contributed by atoms with van der Waals surface area (Å²) in [5, 5.41) is -0.821. The smallest absolute Gasteiger partial charge is 0.295 e. The van der Waals surface area contributed by atoms with Crippen LogP contribution in [0.25, 0.3) is 0 Å². The molecule has 0 fully saturated rings. The summed E-state index contributed by atoms with van der Waals surface area (Å²) in [7, 11) is -2.30. The molecule has 1 N–H and O–H groups in total. The molecule has 0 aromatic rings. The fourth-order valence-corrected chi connectivity index (χ4v) is 1.16. The largest absolute Gasteiger partial charge is 0.511 e. The predicted octanol–water partition coefficient (Wildman–Crippen LogP) is 2.43.